The lowest BCUT2D eigenvalue weighted by molar-refractivity contribution is -0.140. The highest BCUT2D eigenvalue weighted by Gasteiger charge is 2.14. The minimum atomic E-state index is -0.296. The van der Waals surface area contributed by atoms with E-state index in [4.69, 9.17) is 32.4 Å². The molecular weight excluding hydrogens is 359 g/mol. The summed E-state index contributed by atoms with van der Waals surface area (Å²) in [7, 11) is 0. The topological polar surface area (TPSA) is 65.2 Å². The van der Waals surface area contributed by atoms with Gasteiger partial charge in [-0.2, -0.15) is 0 Å². The molecule has 5 nitrogen and oxygen atoms in total. The normalized spacial score (nSPS) is 10.7. The van der Waals surface area contributed by atoms with Crippen LogP contribution < -0.4 is 0 Å². The Morgan fingerprint density at radius 1 is 1.30 bits per heavy atom. The third kappa shape index (κ3) is 5.71. The molecular formula is C15H16Cl2N2O3S. The monoisotopic (exact) mass is 374 g/mol. The summed E-state index contributed by atoms with van der Waals surface area (Å²) in [6, 6.07) is 4.99. The third-order valence-corrected chi connectivity index (χ3v) is 4.23. The Morgan fingerprint density at radius 3 is 2.87 bits per heavy atom. The van der Waals surface area contributed by atoms with Crippen LogP contribution in [-0.4, -0.2) is 28.5 Å². The van der Waals surface area contributed by atoms with Crippen LogP contribution in [0.1, 0.15) is 26.2 Å². The smallest absolute Gasteiger partial charge is 0.316 e. The molecule has 1 aromatic carbocycles. The SMILES string of the molecule is CCCCCOC(=O)CSc1nnc(-c2ccc(Cl)cc2Cl)o1. The number of carbonyl (C=O) groups excluding carboxylic acids is 1. The molecule has 1 heterocycles. The van der Waals surface area contributed by atoms with Crippen molar-refractivity contribution in [2.75, 3.05) is 12.4 Å². The van der Waals surface area contributed by atoms with Gasteiger partial charge in [0.2, 0.25) is 5.89 Å². The predicted octanol–water partition coefficient (Wildman–Crippen LogP) is 4.87. The van der Waals surface area contributed by atoms with Crippen LogP contribution in [0.4, 0.5) is 0 Å². The maximum absolute atomic E-state index is 11.6. The molecule has 0 N–H and O–H groups in total. The summed E-state index contributed by atoms with van der Waals surface area (Å²) in [4.78, 5) is 11.6. The minimum Gasteiger partial charge on any atom is -0.465 e. The summed E-state index contributed by atoms with van der Waals surface area (Å²) in [6.07, 6.45) is 3.02. The average Bonchev–Trinajstić information content (AvgIpc) is 2.98. The molecule has 124 valence electrons. The van der Waals surface area contributed by atoms with Gasteiger partial charge in [-0.1, -0.05) is 54.7 Å². The molecule has 0 spiro atoms. The summed E-state index contributed by atoms with van der Waals surface area (Å²) in [5.74, 6) is 0.114. The number of nitrogens with zero attached hydrogens (tertiary/aromatic N) is 2. The van der Waals surface area contributed by atoms with E-state index in [9.17, 15) is 4.79 Å². The number of aromatic nitrogens is 2. The fourth-order valence-corrected chi connectivity index (χ4v) is 2.79. The number of esters is 1. The van der Waals surface area contributed by atoms with Gasteiger partial charge in [-0.3, -0.25) is 4.79 Å². The number of hydrogen-bond acceptors (Lipinski definition) is 6. The molecule has 23 heavy (non-hydrogen) atoms. The van der Waals surface area contributed by atoms with Gasteiger partial charge in [0.15, 0.2) is 0 Å². The number of benzene rings is 1. The van der Waals surface area contributed by atoms with Crippen molar-refractivity contribution in [1.29, 1.82) is 0 Å². The van der Waals surface area contributed by atoms with Gasteiger partial charge in [-0.05, 0) is 24.6 Å². The first-order chi connectivity index (χ1) is 11.1. The molecule has 0 radical (unpaired) electrons. The van der Waals surface area contributed by atoms with E-state index in [0.717, 1.165) is 31.0 Å². The van der Waals surface area contributed by atoms with Gasteiger partial charge in [0, 0.05) is 5.02 Å². The molecule has 1 aromatic heterocycles. The van der Waals surface area contributed by atoms with E-state index in [1.54, 1.807) is 18.2 Å². The third-order valence-electron chi connectivity index (χ3n) is 2.89. The van der Waals surface area contributed by atoms with Crippen LogP contribution in [0.15, 0.2) is 27.8 Å². The van der Waals surface area contributed by atoms with E-state index < -0.39 is 0 Å². The molecule has 8 heteroatoms. The lowest BCUT2D eigenvalue weighted by Crippen LogP contribution is -2.08. The fourth-order valence-electron chi connectivity index (χ4n) is 1.74. The molecule has 0 saturated heterocycles. The van der Waals surface area contributed by atoms with Crippen molar-refractivity contribution in [1.82, 2.24) is 10.2 Å². The van der Waals surface area contributed by atoms with Crippen LogP contribution in [0.3, 0.4) is 0 Å². The number of halogens is 2. The highest BCUT2D eigenvalue weighted by Crippen LogP contribution is 2.30. The van der Waals surface area contributed by atoms with Crippen molar-refractivity contribution in [3.05, 3.63) is 28.2 Å². The Balaban J connectivity index is 1.86. The van der Waals surface area contributed by atoms with Gasteiger partial charge >= 0.3 is 5.97 Å². The van der Waals surface area contributed by atoms with Gasteiger partial charge in [-0.25, -0.2) is 0 Å². The first kappa shape index (κ1) is 18.1. The van der Waals surface area contributed by atoms with E-state index in [0.29, 0.717) is 22.2 Å². The summed E-state index contributed by atoms with van der Waals surface area (Å²) in [5, 5.41) is 9.05. The van der Waals surface area contributed by atoms with E-state index in [1.807, 2.05) is 0 Å². The summed E-state index contributed by atoms with van der Waals surface area (Å²) < 4.78 is 10.6. The van der Waals surface area contributed by atoms with Crippen molar-refractivity contribution in [2.24, 2.45) is 0 Å². The van der Waals surface area contributed by atoms with Crippen LogP contribution in [0.2, 0.25) is 10.0 Å². The van der Waals surface area contributed by atoms with Crippen LogP contribution in [0.5, 0.6) is 0 Å². The quantitative estimate of drug-likeness (QED) is 0.373. The molecule has 0 atom stereocenters. The predicted molar refractivity (Wildman–Crippen MR) is 91.0 cm³/mol. The zero-order chi connectivity index (χ0) is 16.7. The number of rotatable bonds is 8. The van der Waals surface area contributed by atoms with E-state index in [2.05, 4.69) is 17.1 Å². The van der Waals surface area contributed by atoms with Crippen molar-refractivity contribution >= 4 is 40.9 Å². The zero-order valence-corrected chi connectivity index (χ0v) is 14.9. The summed E-state index contributed by atoms with van der Waals surface area (Å²) >= 11 is 13.1. The average molecular weight is 375 g/mol. The second-order valence-corrected chi connectivity index (χ2v) is 6.48. The Labute approximate surface area is 148 Å². The lowest BCUT2D eigenvalue weighted by atomic mass is 10.2. The summed E-state index contributed by atoms with van der Waals surface area (Å²) in [5.41, 5.74) is 0.595. The number of ether oxygens (including phenoxy) is 1. The van der Waals surface area contributed by atoms with Gasteiger partial charge in [0.05, 0.1) is 17.2 Å². The van der Waals surface area contributed by atoms with Gasteiger partial charge in [-0.15, -0.1) is 10.2 Å². The number of unbranched alkanes of at least 4 members (excludes halogenated alkanes) is 2. The van der Waals surface area contributed by atoms with Crippen LogP contribution in [0.25, 0.3) is 11.5 Å². The highest BCUT2D eigenvalue weighted by atomic mass is 35.5. The molecule has 2 aromatic rings. The maximum Gasteiger partial charge on any atom is 0.316 e. The highest BCUT2D eigenvalue weighted by molar-refractivity contribution is 7.99. The number of carbonyl (C=O) groups is 1. The van der Waals surface area contributed by atoms with Crippen molar-refractivity contribution in [3.63, 3.8) is 0 Å². The largest absolute Gasteiger partial charge is 0.465 e. The van der Waals surface area contributed by atoms with Crippen molar-refractivity contribution in [2.45, 2.75) is 31.4 Å². The molecule has 0 saturated carbocycles. The van der Waals surface area contributed by atoms with E-state index in [-0.39, 0.29) is 22.8 Å². The zero-order valence-electron chi connectivity index (χ0n) is 12.6. The van der Waals surface area contributed by atoms with Crippen molar-refractivity contribution < 1.29 is 13.9 Å². The van der Waals surface area contributed by atoms with Crippen LogP contribution in [0, 0.1) is 0 Å². The van der Waals surface area contributed by atoms with Gasteiger partial charge in [0.1, 0.15) is 5.75 Å². The minimum absolute atomic E-state index is 0.127. The van der Waals surface area contributed by atoms with Gasteiger partial charge < -0.3 is 9.15 Å². The molecule has 0 aliphatic rings. The first-order valence-corrected chi connectivity index (χ1v) is 8.91. The van der Waals surface area contributed by atoms with E-state index >= 15 is 0 Å². The number of thioether (sulfide) groups is 1. The standard InChI is InChI=1S/C15H16Cl2N2O3S/c1-2-3-4-7-21-13(20)9-23-15-19-18-14(22-15)11-6-5-10(16)8-12(11)17/h5-6,8H,2-4,7,9H2,1H3. The molecule has 0 aliphatic heterocycles. The lowest BCUT2D eigenvalue weighted by Gasteiger charge is -2.02. The molecule has 0 aliphatic carbocycles. The second-order valence-electron chi connectivity index (χ2n) is 4.71. The van der Waals surface area contributed by atoms with E-state index in [1.165, 1.54) is 0 Å². The van der Waals surface area contributed by atoms with Crippen LogP contribution >= 0.6 is 35.0 Å². The molecule has 2 rings (SSSR count). The maximum atomic E-state index is 11.6. The summed E-state index contributed by atoms with van der Waals surface area (Å²) in [6.45, 7) is 2.54. The molecule has 0 fully saturated rings. The first-order valence-electron chi connectivity index (χ1n) is 7.17. The molecule has 0 bridgehead atoms. The fraction of sp³-hybridized carbons (Fsp3) is 0.400. The second kappa shape index (κ2) is 9.15. The Kier molecular flexibility index (Phi) is 7.20. The molecule has 0 unspecified atom stereocenters. The Morgan fingerprint density at radius 2 is 2.13 bits per heavy atom. The Hall–Kier alpha value is -1.24. The number of hydrogen-bond donors (Lipinski definition) is 0. The Bertz CT molecular complexity index is 664. The van der Waals surface area contributed by atoms with Crippen LogP contribution in [-0.2, 0) is 9.53 Å². The molecule has 0 amide bonds. The van der Waals surface area contributed by atoms with Gasteiger partial charge in [0.25, 0.3) is 5.22 Å². The van der Waals surface area contributed by atoms with Crippen molar-refractivity contribution in [3.8, 4) is 11.5 Å².